The molecule has 1 aliphatic heterocycles. The van der Waals surface area contributed by atoms with Crippen LogP contribution >= 0.6 is 0 Å². The van der Waals surface area contributed by atoms with Crippen LogP contribution in [0.2, 0.25) is 0 Å². The molecule has 7 atom stereocenters. The van der Waals surface area contributed by atoms with Gasteiger partial charge in [-0.2, -0.15) is 0 Å². The molecule has 0 aliphatic carbocycles. The van der Waals surface area contributed by atoms with Crippen molar-refractivity contribution in [3.63, 3.8) is 0 Å². The van der Waals surface area contributed by atoms with Gasteiger partial charge in [0.05, 0.1) is 25.4 Å². The van der Waals surface area contributed by atoms with Gasteiger partial charge >= 0.3 is 0 Å². The fraction of sp³-hybridized carbons (Fsp3) is 0.949. The first-order chi connectivity index (χ1) is 33.3. The molecule has 0 aromatic rings. The normalized spacial score (nSPS) is 19.5. The zero-order valence-corrected chi connectivity index (χ0v) is 44.9. The van der Waals surface area contributed by atoms with Crippen molar-refractivity contribution in [3.05, 3.63) is 12.2 Å². The molecule has 0 saturated carbocycles. The van der Waals surface area contributed by atoms with E-state index in [1.165, 1.54) is 238 Å². The number of rotatable bonds is 52. The van der Waals surface area contributed by atoms with Crippen LogP contribution in [0.4, 0.5) is 0 Å². The number of carbonyl (C=O) groups is 1. The van der Waals surface area contributed by atoms with Crippen molar-refractivity contribution < 1.29 is 39.8 Å². The highest BCUT2D eigenvalue weighted by Gasteiger charge is 2.44. The maximum Gasteiger partial charge on any atom is 0.220 e. The highest BCUT2D eigenvalue weighted by atomic mass is 16.7. The van der Waals surface area contributed by atoms with Crippen LogP contribution in [0, 0.1) is 0 Å². The Morgan fingerprint density at radius 3 is 1.19 bits per heavy atom. The Morgan fingerprint density at radius 1 is 0.485 bits per heavy atom. The van der Waals surface area contributed by atoms with E-state index in [1.807, 2.05) is 0 Å². The van der Waals surface area contributed by atoms with Crippen molar-refractivity contribution in [1.29, 1.82) is 0 Å². The van der Waals surface area contributed by atoms with Gasteiger partial charge in [0.25, 0.3) is 0 Å². The predicted octanol–water partition coefficient (Wildman–Crippen LogP) is 14.8. The summed E-state index contributed by atoms with van der Waals surface area (Å²) >= 11 is 0. The second-order valence-electron chi connectivity index (χ2n) is 21.1. The van der Waals surface area contributed by atoms with Crippen LogP contribution < -0.4 is 5.32 Å². The van der Waals surface area contributed by atoms with Gasteiger partial charge in [0, 0.05) is 6.42 Å². The SMILES string of the molecule is CCCCCCCCCCCCCC/C=C\CCCCCCCCCCCCCC(=O)NC(COC1OC(CO)C(O)C(O)C1O)C(O)CCCCCCCCCCCCCCCCCCCC. The van der Waals surface area contributed by atoms with Crippen LogP contribution in [-0.2, 0) is 14.3 Å². The Balaban J connectivity index is 2.17. The fourth-order valence-corrected chi connectivity index (χ4v) is 9.87. The summed E-state index contributed by atoms with van der Waals surface area (Å²) in [7, 11) is 0. The molecule has 1 aliphatic rings. The highest BCUT2D eigenvalue weighted by molar-refractivity contribution is 5.76. The van der Waals surface area contributed by atoms with Crippen molar-refractivity contribution in [2.24, 2.45) is 0 Å². The summed E-state index contributed by atoms with van der Waals surface area (Å²) in [4.78, 5) is 13.1. The van der Waals surface area contributed by atoms with Crippen molar-refractivity contribution in [2.75, 3.05) is 13.2 Å². The summed E-state index contributed by atoms with van der Waals surface area (Å²) in [5.41, 5.74) is 0. The van der Waals surface area contributed by atoms with Gasteiger partial charge in [-0.15, -0.1) is 0 Å². The second-order valence-corrected chi connectivity index (χ2v) is 21.1. The molecule has 7 unspecified atom stereocenters. The van der Waals surface area contributed by atoms with Gasteiger partial charge in [0.15, 0.2) is 6.29 Å². The Hall–Kier alpha value is -1.07. The summed E-state index contributed by atoms with van der Waals surface area (Å²) in [5.74, 6) is -0.140. The monoisotopic (exact) mass is 966 g/mol. The lowest BCUT2D eigenvalue weighted by Crippen LogP contribution is -2.60. The molecule has 9 heteroatoms. The van der Waals surface area contributed by atoms with Gasteiger partial charge in [-0.25, -0.2) is 0 Å². The summed E-state index contributed by atoms with van der Waals surface area (Å²) < 4.78 is 11.3. The van der Waals surface area contributed by atoms with E-state index in [1.54, 1.807) is 0 Å². The minimum Gasteiger partial charge on any atom is -0.394 e. The van der Waals surface area contributed by atoms with E-state index >= 15 is 0 Å². The minimum atomic E-state index is -1.55. The van der Waals surface area contributed by atoms with Crippen LogP contribution in [0.15, 0.2) is 12.2 Å². The van der Waals surface area contributed by atoms with E-state index in [9.17, 15) is 30.3 Å². The summed E-state index contributed by atoms with van der Waals surface area (Å²) in [6.45, 7) is 3.88. The van der Waals surface area contributed by atoms with Crippen molar-refractivity contribution in [1.82, 2.24) is 5.32 Å². The number of nitrogens with one attached hydrogen (secondary N) is 1. The van der Waals surface area contributed by atoms with Gasteiger partial charge in [-0.3, -0.25) is 4.79 Å². The number of aliphatic hydroxyl groups is 5. The van der Waals surface area contributed by atoms with E-state index in [0.29, 0.717) is 12.8 Å². The molecule has 6 N–H and O–H groups in total. The molecular formula is C59H115NO8. The van der Waals surface area contributed by atoms with Gasteiger partial charge in [0.2, 0.25) is 5.91 Å². The average molecular weight is 967 g/mol. The van der Waals surface area contributed by atoms with Crippen LogP contribution in [0.3, 0.4) is 0 Å². The number of allylic oxidation sites excluding steroid dienone is 2. The lowest BCUT2D eigenvalue weighted by molar-refractivity contribution is -0.302. The number of hydrogen-bond donors (Lipinski definition) is 6. The standard InChI is InChI=1S/C59H115NO8/c1-3-5-7-9-11-13-15-17-19-21-23-24-25-26-27-28-29-30-31-33-35-37-39-41-43-45-47-49-55(63)60-52(51-67-59-58(66)57(65)56(64)54(50-61)68-59)53(62)48-46-44-42-40-38-36-34-32-22-20-18-16-14-12-10-8-6-4-2/h26-27,52-54,56-59,61-62,64-66H,3-25,28-51H2,1-2H3,(H,60,63)/b27-26-. The number of unbranched alkanes of at least 4 members (excludes halogenated alkanes) is 40. The number of carbonyl (C=O) groups excluding carboxylic acids is 1. The molecule has 1 saturated heterocycles. The van der Waals surface area contributed by atoms with Gasteiger partial charge in [0.1, 0.15) is 24.4 Å². The molecule has 1 rings (SSSR count). The van der Waals surface area contributed by atoms with E-state index in [2.05, 4.69) is 31.3 Å². The Labute approximate surface area is 420 Å². The topological polar surface area (TPSA) is 149 Å². The van der Waals surface area contributed by atoms with Gasteiger partial charge < -0.3 is 40.3 Å². The highest BCUT2D eigenvalue weighted by Crippen LogP contribution is 2.23. The van der Waals surface area contributed by atoms with E-state index < -0.39 is 49.5 Å². The molecule has 0 aromatic carbocycles. The van der Waals surface area contributed by atoms with Crippen molar-refractivity contribution >= 4 is 5.91 Å². The Kier molecular flexibility index (Phi) is 47.3. The number of hydrogen-bond acceptors (Lipinski definition) is 8. The number of aliphatic hydroxyl groups excluding tert-OH is 5. The summed E-state index contributed by atoms with van der Waals surface area (Å²) in [6.07, 6.45) is 53.9. The second kappa shape index (κ2) is 49.5. The molecular weight excluding hydrogens is 851 g/mol. The van der Waals surface area contributed by atoms with E-state index in [4.69, 9.17) is 9.47 Å². The lowest BCUT2D eigenvalue weighted by atomic mass is 9.99. The van der Waals surface area contributed by atoms with Crippen molar-refractivity contribution in [2.45, 2.75) is 346 Å². The summed E-state index contributed by atoms with van der Waals surface area (Å²) in [6, 6.07) is -0.717. The minimum absolute atomic E-state index is 0.134. The third kappa shape index (κ3) is 38.6. The fourth-order valence-electron chi connectivity index (χ4n) is 9.87. The van der Waals surface area contributed by atoms with Crippen molar-refractivity contribution in [3.8, 4) is 0 Å². The molecule has 1 amide bonds. The maximum absolute atomic E-state index is 13.1. The molecule has 0 bridgehead atoms. The largest absolute Gasteiger partial charge is 0.394 e. The van der Waals surface area contributed by atoms with E-state index in [-0.39, 0.29) is 12.5 Å². The van der Waals surface area contributed by atoms with Crippen LogP contribution in [0.25, 0.3) is 0 Å². The smallest absolute Gasteiger partial charge is 0.220 e. The maximum atomic E-state index is 13.1. The predicted molar refractivity (Wildman–Crippen MR) is 286 cm³/mol. The molecule has 0 spiro atoms. The Bertz CT molecular complexity index is 1080. The molecule has 0 aromatic heterocycles. The molecule has 1 heterocycles. The van der Waals surface area contributed by atoms with Crippen LogP contribution in [0.5, 0.6) is 0 Å². The number of ether oxygens (including phenoxy) is 2. The molecule has 1 fully saturated rings. The molecule has 9 nitrogen and oxygen atoms in total. The first-order valence-electron chi connectivity index (χ1n) is 29.9. The Morgan fingerprint density at radius 2 is 0.824 bits per heavy atom. The van der Waals surface area contributed by atoms with Crippen LogP contribution in [-0.4, -0.2) is 87.5 Å². The molecule has 0 radical (unpaired) electrons. The zero-order chi connectivity index (χ0) is 49.4. The third-order valence-corrected chi connectivity index (χ3v) is 14.6. The molecule has 404 valence electrons. The number of amides is 1. The zero-order valence-electron chi connectivity index (χ0n) is 44.9. The summed E-state index contributed by atoms with van der Waals surface area (Å²) in [5, 5.41) is 54.7. The van der Waals surface area contributed by atoms with Gasteiger partial charge in [-0.05, 0) is 38.5 Å². The van der Waals surface area contributed by atoms with E-state index in [0.717, 1.165) is 38.5 Å². The third-order valence-electron chi connectivity index (χ3n) is 14.6. The molecule has 68 heavy (non-hydrogen) atoms. The lowest BCUT2D eigenvalue weighted by Gasteiger charge is -2.40. The first kappa shape index (κ1) is 64.9. The average Bonchev–Trinajstić information content (AvgIpc) is 3.34. The first-order valence-corrected chi connectivity index (χ1v) is 29.9. The van der Waals surface area contributed by atoms with Crippen LogP contribution in [0.1, 0.15) is 303 Å². The van der Waals surface area contributed by atoms with Gasteiger partial charge in [-0.1, -0.05) is 270 Å². The quantitative estimate of drug-likeness (QED) is 0.0261.